The fourth-order valence-electron chi connectivity index (χ4n) is 9.27. The molecule has 0 aromatic rings. The van der Waals surface area contributed by atoms with Gasteiger partial charge in [-0.1, -0.05) is 41.5 Å². The van der Waals surface area contributed by atoms with Crippen LogP contribution in [-0.4, -0.2) is 22.4 Å². The van der Waals surface area contributed by atoms with E-state index in [0.717, 1.165) is 54.8 Å². The van der Waals surface area contributed by atoms with Gasteiger partial charge in [0.2, 0.25) is 0 Å². The molecule has 4 rings (SSSR count). The first-order chi connectivity index (χ1) is 14.0. The second-order valence-electron chi connectivity index (χ2n) is 13.7. The van der Waals surface area contributed by atoms with Crippen LogP contribution in [0.2, 0.25) is 0 Å². The van der Waals surface area contributed by atoms with Crippen molar-refractivity contribution in [2.75, 3.05) is 0 Å². The molecule has 10 atom stereocenters. The van der Waals surface area contributed by atoms with Crippen molar-refractivity contribution >= 4 is 0 Å². The van der Waals surface area contributed by atoms with E-state index in [1.54, 1.807) is 0 Å². The Morgan fingerprint density at radius 3 is 2.23 bits per heavy atom. The lowest BCUT2D eigenvalue weighted by Crippen LogP contribution is -2.54. The standard InChI is InChI=1S/C28H50O2/c1-18(7-12-25(30)26(2,3)4)22-10-11-23-21-9-8-19-17-20(29)13-15-27(19,5)24(21)14-16-28(22,23)6/h18-25,29-30H,7-17H2,1-6H3/t18-,19-,20+,21+,22-,23+,24+,25-,27+,28-/m1/s1. The molecule has 4 aliphatic carbocycles. The van der Waals surface area contributed by atoms with Gasteiger partial charge < -0.3 is 10.2 Å². The Labute approximate surface area is 186 Å². The summed E-state index contributed by atoms with van der Waals surface area (Å²) >= 11 is 0. The summed E-state index contributed by atoms with van der Waals surface area (Å²) in [4.78, 5) is 0. The van der Waals surface area contributed by atoms with Crippen molar-refractivity contribution in [3.05, 3.63) is 0 Å². The molecule has 2 heteroatoms. The van der Waals surface area contributed by atoms with Gasteiger partial charge in [-0.2, -0.15) is 0 Å². The number of hydrogen-bond donors (Lipinski definition) is 2. The highest BCUT2D eigenvalue weighted by Gasteiger charge is 2.60. The molecular weight excluding hydrogens is 368 g/mol. The molecule has 0 amide bonds. The van der Waals surface area contributed by atoms with E-state index in [1.165, 1.54) is 51.4 Å². The molecule has 0 saturated heterocycles. The molecule has 174 valence electrons. The normalized spacial score (nSPS) is 48.4. The van der Waals surface area contributed by atoms with Crippen LogP contribution < -0.4 is 0 Å². The highest BCUT2D eigenvalue weighted by Crippen LogP contribution is 2.68. The van der Waals surface area contributed by atoms with Gasteiger partial charge in [-0.25, -0.2) is 0 Å². The van der Waals surface area contributed by atoms with Crippen molar-refractivity contribution in [2.24, 2.45) is 51.8 Å². The molecule has 0 spiro atoms. The Balaban J connectivity index is 1.45. The summed E-state index contributed by atoms with van der Waals surface area (Å²) in [6, 6.07) is 0. The number of rotatable bonds is 4. The van der Waals surface area contributed by atoms with Crippen LogP contribution in [0.5, 0.6) is 0 Å². The molecule has 4 fully saturated rings. The monoisotopic (exact) mass is 418 g/mol. The first kappa shape index (κ1) is 23.1. The lowest BCUT2D eigenvalue weighted by atomic mass is 9.44. The number of hydrogen-bond acceptors (Lipinski definition) is 2. The minimum atomic E-state index is -0.183. The average Bonchev–Trinajstić information content (AvgIpc) is 3.03. The molecule has 0 aliphatic heterocycles. The quantitative estimate of drug-likeness (QED) is 0.525. The van der Waals surface area contributed by atoms with Gasteiger partial charge in [0, 0.05) is 0 Å². The van der Waals surface area contributed by atoms with Gasteiger partial charge in [0.05, 0.1) is 12.2 Å². The predicted octanol–water partition coefficient (Wildman–Crippen LogP) is 6.83. The fourth-order valence-corrected chi connectivity index (χ4v) is 9.27. The van der Waals surface area contributed by atoms with Crippen LogP contribution in [0.3, 0.4) is 0 Å². The van der Waals surface area contributed by atoms with E-state index >= 15 is 0 Å². The largest absolute Gasteiger partial charge is 0.393 e. The third kappa shape index (κ3) is 3.81. The average molecular weight is 419 g/mol. The third-order valence-electron chi connectivity index (χ3n) is 11.3. The van der Waals surface area contributed by atoms with Gasteiger partial charge in [0.1, 0.15) is 0 Å². The number of aliphatic hydroxyl groups excluding tert-OH is 2. The topological polar surface area (TPSA) is 40.5 Å². The first-order valence-electron chi connectivity index (χ1n) is 13.3. The molecule has 0 heterocycles. The molecule has 0 unspecified atom stereocenters. The van der Waals surface area contributed by atoms with Crippen LogP contribution in [0.15, 0.2) is 0 Å². The zero-order valence-electron chi connectivity index (χ0n) is 20.8. The van der Waals surface area contributed by atoms with E-state index < -0.39 is 0 Å². The van der Waals surface area contributed by atoms with Crippen LogP contribution in [0.1, 0.15) is 112 Å². The van der Waals surface area contributed by atoms with Gasteiger partial charge in [0.25, 0.3) is 0 Å². The van der Waals surface area contributed by atoms with E-state index in [2.05, 4.69) is 41.5 Å². The second-order valence-corrected chi connectivity index (χ2v) is 13.7. The van der Waals surface area contributed by atoms with Crippen LogP contribution in [-0.2, 0) is 0 Å². The molecule has 0 aromatic heterocycles. The Morgan fingerprint density at radius 2 is 1.53 bits per heavy atom. The second kappa shape index (κ2) is 8.05. The van der Waals surface area contributed by atoms with Gasteiger partial charge in [0.15, 0.2) is 0 Å². The van der Waals surface area contributed by atoms with Gasteiger partial charge in [-0.05, 0) is 122 Å². The molecule has 0 bridgehead atoms. The van der Waals surface area contributed by atoms with Crippen molar-refractivity contribution in [2.45, 2.75) is 124 Å². The van der Waals surface area contributed by atoms with Crippen LogP contribution in [0.25, 0.3) is 0 Å². The van der Waals surface area contributed by atoms with E-state index in [4.69, 9.17) is 0 Å². The molecule has 4 saturated carbocycles. The van der Waals surface area contributed by atoms with E-state index in [0.29, 0.717) is 10.8 Å². The van der Waals surface area contributed by atoms with Crippen molar-refractivity contribution in [1.29, 1.82) is 0 Å². The van der Waals surface area contributed by atoms with Crippen molar-refractivity contribution in [3.63, 3.8) is 0 Å². The van der Waals surface area contributed by atoms with Crippen molar-refractivity contribution in [3.8, 4) is 0 Å². The maximum atomic E-state index is 10.6. The first-order valence-corrected chi connectivity index (χ1v) is 13.3. The van der Waals surface area contributed by atoms with Crippen LogP contribution in [0.4, 0.5) is 0 Å². The Morgan fingerprint density at radius 1 is 0.867 bits per heavy atom. The van der Waals surface area contributed by atoms with Gasteiger partial charge in [-0.3, -0.25) is 0 Å². The molecule has 30 heavy (non-hydrogen) atoms. The highest BCUT2D eigenvalue weighted by molar-refractivity contribution is 5.09. The summed E-state index contributed by atoms with van der Waals surface area (Å²) < 4.78 is 0. The zero-order chi connectivity index (χ0) is 21.9. The fraction of sp³-hybridized carbons (Fsp3) is 1.00. The molecule has 4 aliphatic rings. The van der Waals surface area contributed by atoms with Crippen LogP contribution >= 0.6 is 0 Å². The Bertz CT molecular complexity index is 608. The van der Waals surface area contributed by atoms with Gasteiger partial charge >= 0.3 is 0 Å². The molecule has 2 N–H and O–H groups in total. The summed E-state index contributed by atoms with van der Waals surface area (Å²) in [6.07, 6.45) is 13.8. The van der Waals surface area contributed by atoms with Crippen molar-refractivity contribution in [1.82, 2.24) is 0 Å². The highest BCUT2D eigenvalue weighted by atomic mass is 16.3. The molecular formula is C28H50O2. The molecule has 2 nitrogen and oxygen atoms in total. The minimum absolute atomic E-state index is 0.00154. The van der Waals surface area contributed by atoms with Crippen LogP contribution in [0, 0.1) is 51.8 Å². The van der Waals surface area contributed by atoms with E-state index in [-0.39, 0.29) is 17.6 Å². The lowest BCUT2D eigenvalue weighted by Gasteiger charge is -2.61. The summed E-state index contributed by atoms with van der Waals surface area (Å²) in [7, 11) is 0. The van der Waals surface area contributed by atoms with Crippen molar-refractivity contribution < 1.29 is 10.2 Å². The number of fused-ring (bicyclic) bond motifs is 5. The Hall–Kier alpha value is -0.0800. The summed E-state index contributed by atoms with van der Waals surface area (Å²) in [5, 5.41) is 20.8. The summed E-state index contributed by atoms with van der Waals surface area (Å²) in [5.74, 6) is 5.08. The Kier molecular flexibility index (Phi) is 6.20. The van der Waals surface area contributed by atoms with E-state index in [9.17, 15) is 10.2 Å². The zero-order valence-corrected chi connectivity index (χ0v) is 20.8. The molecule has 0 radical (unpaired) electrons. The summed E-state index contributed by atoms with van der Waals surface area (Å²) in [5.41, 5.74) is 1.01. The summed E-state index contributed by atoms with van der Waals surface area (Å²) in [6.45, 7) is 14.2. The van der Waals surface area contributed by atoms with E-state index in [1.807, 2.05) is 0 Å². The predicted molar refractivity (Wildman–Crippen MR) is 125 cm³/mol. The third-order valence-corrected chi connectivity index (χ3v) is 11.3. The maximum absolute atomic E-state index is 10.6. The maximum Gasteiger partial charge on any atom is 0.0588 e. The minimum Gasteiger partial charge on any atom is -0.393 e. The molecule has 0 aromatic carbocycles. The van der Waals surface area contributed by atoms with Gasteiger partial charge in [-0.15, -0.1) is 0 Å². The number of aliphatic hydroxyl groups is 2. The SMILES string of the molecule is C[C@H](CC[C@@H](O)C(C)(C)C)[C@H]1CC[C@H]2[C@@H]3CC[C@@H]4C[C@@H](O)CC[C@]4(C)[C@H]3CC[C@]12C. The smallest absolute Gasteiger partial charge is 0.0588 e. The lowest BCUT2D eigenvalue weighted by molar-refractivity contribution is -0.129.